The van der Waals surface area contributed by atoms with E-state index in [1.807, 2.05) is 0 Å². The SMILES string of the molecule is CCN(CCC(N)=S)C(=O)c1cccc(C(F)(F)F)c1F. The second-order valence-electron chi connectivity index (χ2n) is 4.27. The molecule has 0 saturated heterocycles. The Hall–Kier alpha value is -1.70. The number of carbonyl (C=O) groups excluding carboxylic acids is 1. The molecule has 0 bridgehead atoms. The summed E-state index contributed by atoms with van der Waals surface area (Å²) in [5.41, 5.74) is 3.24. The van der Waals surface area contributed by atoms with Gasteiger partial charge >= 0.3 is 6.18 Å². The van der Waals surface area contributed by atoms with E-state index in [0.717, 1.165) is 12.1 Å². The number of halogens is 4. The molecule has 21 heavy (non-hydrogen) atoms. The first-order valence-electron chi connectivity index (χ1n) is 6.11. The van der Waals surface area contributed by atoms with Crippen molar-refractivity contribution in [3.63, 3.8) is 0 Å². The molecule has 0 aliphatic heterocycles. The number of carbonyl (C=O) groups is 1. The van der Waals surface area contributed by atoms with Gasteiger partial charge in [0.1, 0.15) is 5.82 Å². The van der Waals surface area contributed by atoms with Gasteiger partial charge in [0.05, 0.1) is 16.1 Å². The van der Waals surface area contributed by atoms with E-state index in [9.17, 15) is 22.4 Å². The highest BCUT2D eigenvalue weighted by molar-refractivity contribution is 7.80. The highest BCUT2D eigenvalue weighted by Crippen LogP contribution is 2.32. The molecule has 0 atom stereocenters. The molecule has 1 aromatic carbocycles. The summed E-state index contributed by atoms with van der Waals surface area (Å²) in [6, 6.07) is 2.62. The van der Waals surface area contributed by atoms with Crippen LogP contribution in [0.5, 0.6) is 0 Å². The summed E-state index contributed by atoms with van der Waals surface area (Å²) in [5, 5.41) is 0. The number of thiocarbonyl (C=S) groups is 1. The second kappa shape index (κ2) is 6.84. The standard InChI is InChI=1S/C13H14F4N2OS/c1-2-19(7-6-10(18)21)12(20)8-4-3-5-9(11(8)14)13(15,16)17/h3-5H,2,6-7H2,1H3,(H2,18,21). The molecule has 1 rings (SSSR count). The molecule has 0 heterocycles. The third-order valence-corrected chi connectivity index (χ3v) is 3.04. The number of nitrogens with zero attached hydrogens (tertiary/aromatic N) is 1. The lowest BCUT2D eigenvalue weighted by Gasteiger charge is -2.21. The van der Waals surface area contributed by atoms with E-state index in [1.54, 1.807) is 6.92 Å². The molecule has 1 amide bonds. The fourth-order valence-corrected chi connectivity index (χ4v) is 1.83. The predicted molar refractivity (Wildman–Crippen MR) is 74.4 cm³/mol. The molecule has 0 unspecified atom stereocenters. The fraction of sp³-hybridized carbons (Fsp3) is 0.385. The largest absolute Gasteiger partial charge is 0.419 e. The lowest BCUT2D eigenvalue weighted by Crippen LogP contribution is -2.34. The van der Waals surface area contributed by atoms with Crippen LogP contribution in [0.1, 0.15) is 29.3 Å². The van der Waals surface area contributed by atoms with Crippen molar-refractivity contribution in [2.45, 2.75) is 19.5 Å². The highest BCUT2D eigenvalue weighted by Gasteiger charge is 2.36. The van der Waals surface area contributed by atoms with Crippen LogP contribution in [0.2, 0.25) is 0 Å². The highest BCUT2D eigenvalue weighted by atomic mass is 32.1. The van der Waals surface area contributed by atoms with Crippen LogP contribution in [0.4, 0.5) is 17.6 Å². The molecule has 3 nitrogen and oxygen atoms in total. The molecule has 1 aromatic rings. The van der Waals surface area contributed by atoms with Gasteiger partial charge < -0.3 is 10.6 Å². The first-order chi connectivity index (χ1) is 9.68. The van der Waals surface area contributed by atoms with Gasteiger partial charge in [-0.15, -0.1) is 0 Å². The summed E-state index contributed by atoms with van der Waals surface area (Å²) in [6.45, 7) is 1.96. The minimum absolute atomic E-state index is 0.125. The smallest absolute Gasteiger partial charge is 0.393 e. The molecule has 0 spiro atoms. The molecule has 0 fully saturated rings. The van der Waals surface area contributed by atoms with E-state index >= 15 is 0 Å². The summed E-state index contributed by atoms with van der Waals surface area (Å²) >= 11 is 4.68. The minimum atomic E-state index is -4.85. The third kappa shape index (κ3) is 4.38. The zero-order valence-corrected chi connectivity index (χ0v) is 12.0. The van der Waals surface area contributed by atoms with Crippen LogP contribution >= 0.6 is 12.2 Å². The first-order valence-corrected chi connectivity index (χ1v) is 6.52. The van der Waals surface area contributed by atoms with Crippen LogP contribution in [0.15, 0.2) is 18.2 Å². The number of alkyl halides is 3. The van der Waals surface area contributed by atoms with Crippen molar-refractivity contribution >= 4 is 23.1 Å². The van der Waals surface area contributed by atoms with Gasteiger partial charge in [0.2, 0.25) is 0 Å². The van der Waals surface area contributed by atoms with Gasteiger partial charge in [0, 0.05) is 19.5 Å². The van der Waals surface area contributed by atoms with Gasteiger partial charge in [-0.2, -0.15) is 13.2 Å². The Bertz CT molecular complexity index is 545. The maximum absolute atomic E-state index is 13.9. The number of benzene rings is 1. The normalized spacial score (nSPS) is 11.3. The zero-order valence-electron chi connectivity index (χ0n) is 11.2. The summed E-state index contributed by atoms with van der Waals surface area (Å²) < 4.78 is 51.8. The fourth-order valence-electron chi connectivity index (χ4n) is 1.73. The number of hydrogen-bond acceptors (Lipinski definition) is 2. The number of amides is 1. The van der Waals surface area contributed by atoms with Crippen molar-refractivity contribution in [3.8, 4) is 0 Å². The van der Waals surface area contributed by atoms with Crippen LogP contribution in [0, 0.1) is 5.82 Å². The van der Waals surface area contributed by atoms with E-state index in [1.165, 1.54) is 4.90 Å². The molecular formula is C13H14F4N2OS. The number of nitrogens with two attached hydrogens (primary N) is 1. The topological polar surface area (TPSA) is 46.3 Å². The second-order valence-corrected chi connectivity index (χ2v) is 4.79. The van der Waals surface area contributed by atoms with E-state index in [0.29, 0.717) is 6.07 Å². The van der Waals surface area contributed by atoms with Crippen molar-refractivity contribution in [3.05, 3.63) is 35.1 Å². The molecule has 0 aliphatic carbocycles. The Kier molecular flexibility index (Phi) is 5.65. The van der Waals surface area contributed by atoms with Gasteiger partial charge in [0.15, 0.2) is 0 Å². The van der Waals surface area contributed by atoms with Gasteiger partial charge in [-0.25, -0.2) is 4.39 Å². The van der Waals surface area contributed by atoms with E-state index in [4.69, 9.17) is 5.73 Å². The molecular weight excluding hydrogens is 308 g/mol. The van der Waals surface area contributed by atoms with Crippen molar-refractivity contribution in [2.75, 3.05) is 13.1 Å². The van der Waals surface area contributed by atoms with Crippen LogP contribution in [-0.4, -0.2) is 28.9 Å². The Balaban J connectivity index is 3.09. The average Bonchev–Trinajstić information content (AvgIpc) is 2.37. The van der Waals surface area contributed by atoms with Crippen molar-refractivity contribution < 1.29 is 22.4 Å². The summed E-state index contributed by atoms with van der Waals surface area (Å²) in [7, 11) is 0. The van der Waals surface area contributed by atoms with E-state index < -0.39 is 29.0 Å². The Morgan fingerprint density at radius 3 is 2.48 bits per heavy atom. The average molecular weight is 322 g/mol. The van der Waals surface area contributed by atoms with Crippen LogP contribution in [-0.2, 0) is 6.18 Å². The maximum Gasteiger partial charge on any atom is 0.419 e. The third-order valence-electron chi connectivity index (χ3n) is 2.83. The van der Waals surface area contributed by atoms with Gasteiger partial charge in [-0.3, -0.25) is 4.79 Å². The number of rotatable bonds is 5. The molecule has 116 valence electrons. The van der Waals surface area contributed by atoms with Gasteiger partial charge in [-0.05, 0) is 19.1 Å². The van der Waals surface area contributed by atoms with Gasteiger partial charge in [0.25, 0.3) is 5.91 Å². The van der Waals surface area contributed by atoms with E-state index in [2.05, 4.69) is 12.2 Å². The molecule has 0 saturated carbocycles. The lowest BCUT2D eigenvalue weighted by molar-refractivity contribution is -0.140. The lowest BCUT2D eigenvalue weighted by atomic mass is 10.1. The van der Waals surface area contributed by atoms with Gasteiger partial charge in [-0.1, -0.05) is 18.3 Å². The number of hydrogen-bond donors (Lipinski definition) is 1. The minimum Gasteiger partial charge on any atom is -0.393 e. The molecule has 0 aromatic heterocycles. The quantitative estimate of drug-likeness (QED) is 0.670. The van der Waals surface area contributed by atoms with Crippen LogP contribution < -0.4 is 5.73 Å². The van der Waals surface area contributed by atoms with E-state index in [-0.39, 0.29) is 24.5 Å². The van der Waals surface area contributed by atoms with Crippen LogP contribution in [0.3, 0.4) is 0 Å². The zero-order chi connectivity index (χ0) is 16.2. The predicted octanol–water partition coefficient (Wildman–Crippen LogP) is 2.98. The summed E-state index contributed by atoms with van der Waals surface area (Å²) in [6.07, 6.45) is -4.63. The molecule has 0 aliphatic rings. The first kappa shape index (κ1) is 17.4. The summed E-state index contributed by atoms with van der Waals surface area (Å²) in [5.74, 6) is -2.39. The molecule has 2 N–H and O–H groups in total. The van der Waals surface area contributed by atoms with Crippen molar-refractivity contribution in [1.29, 1.82) is 0 Å². The Morgan fingerprint density at radius 2 is 2.00 bits per heavy atom. The molecule has 8 heteroatoms. The maximum atomic E-state index is 13.9. The van der Waals surface area contributed by atoms with Crippen molar-refractivity contribution in [1.82, 2.24) is 4.90 Å². The Labute approximate surface area is 124 Å². The molecule has 0 radical (unpaired) electrons. The van der Waals surface area contributed by atoms with Crippen molar-refractivity contribution in [2.24, 2.45) is 5.73 Å². The van der Waals surface area contributed by atoms with Crippen LogP contribution in [0.25, 0.3) is 0 Å². The Morgan fingerprint density at radius 1 is 1.38 bits per heavy atom. The summed E-state index contributed by atoms with van der Waals surface area (Å²) in [4.78, 5) is 13.5. The monoisotopic (exact) mass is 322 g/mol.